The molecule has 0 aliphatic heterocycles. The maximum absolute atomic E-state index is 10.0. The van der Waals surface area contributed by atoms with E-state index in [9.17, 15) is 5.11 Å². The van der Waals surface area contributed by atoms with Gasteiger partial charge in [-0.25, -0.2) is 0 Å². The Balaban J connectivity index is 2.05. The maximum Gasteiger partial charge on any atom is 0.198 e. The van der Waals surface area contributed by atoms with Gasteiger partial charge in [-0.2, -0.15) is 0 Å². The summed E-state index contributed by atoms with van der Waals surface area (Å²) in [4.78, 5) is 7.27. The number of rotatable bonds is 3. The summed E-state index contributed by atoms with van der Waals surface area (Å²) >= 11 is 5.94. The van der Waals surface area contributed by atoms with Crippen LogP contribution in [-0.4, -0.2) is 23.4 Å². The van der Waals surface area contributed by atoms with E-state index in [0.717, 1.165) is 10.9 Å². The van der Waals surface area contributed by atoms with E-state index in [1.54, 1.807) is 25.5 Å². The second kappa shape index (κ2) is 5.50. The first-order valence-electron chi connectivity index (χ1n) is 6.36. The van der Waals surface area contributed by atoms with Crippen molar-refractivity contribution in [3.8, 4) is 11.6 Å². The lowest BCUT2D eigenvalue weighted by Gasteiger charge is -2.02. The molecule has 0 fully saturated rings. The Labute approximate surface area is 126 Å². The van der Waals surface area contributed by atoms with Gasteiger partial charge in [-0.05, 0) is 24.3 Å². The number of H-pyrrole nitrogens is 1. The van der Waals surface area contributed by atoms with Crippen LogP contribution in [0.4, 0.5) is 5.69 Å². The third-order valence-electron chi connectivity index (χ3n) is 3.20. The second-order valence-corrected chi connectivity index (χ2v) is 4.94. The second-order valence-electron chi connectivity index (χ2n) is 4.51. The van der Waals surface area contributed by atoms with Gasteiger partial charge in [-0.1, -0.05) is 29.8 Å². The molecule has 0 bridgehead atoms. The van der Waals surface area contributed by atoms with Crippen LogP contribution in [-0.2, 0) is 0 Å². The minimum atomic E-state index is 0.0610. The van der Waals surface area contributed by atoms with Crippen LogP contribution in [0.3, 0.4) is 0 Å². The van der Waals surface area contributed by atoms with E-state index in [1.807, 2.05) is 30.3 Å². The van der Waals surface area contributed by atoms with Crippen LogP contribution in [0, 0.1) is 0 Å². The summed E-state index contributed by atoms with van der Waals surface area (Å²) < 4.78 is 5.25. The highest BCUT2D eigenvalue weighted by Crippen LogP contribution is 2.30. The minimum Gasteiger partial charge on any atom is -0.494 e. The number of ether oxygens (including phenoxy) is 1. The van der Waals surface area contributed by atoms with E-state index >= 15 is 0 Å². The van der Waals surface area contributed by atoms with Crippen LogP contribution >= 0.6 is 11.6 Å². The fourth-order valence-electron chi connectivity index (χ4n) is 2.18. The van der Waals surface area contributed by atoms with Crippen LogP contribution in [0.15, 0.2) is 47.5 Å². The largest absolute Gasteiger partial charge is 0.494 e. The maximum atomic E-state index is 10.0. The van der Waals surface area contributed by atoms with Gasteiger partial charge in [0.05, 0.1) is 18.2 Å². The summed E-state index contributed by atoms with van der Waals surface area (Å²) in [6, 6.07) is 12.8. The van der Waals surface area contributed by atoms with Crippen molar-refractivity contribution >= 4 is 34.4 Å². The Morgan fingerprint density at radius 3 is 2.86 bits per heavy atom. The molecule has 3 aromatic rings. The van der Waals surface area contributed by atoms with Gasteiger partial charge >= 0.3 is 0 Å². The van der Waals surface area contributed by atoms with Crippen molar-refractivity contribution < 1.29 is 9.84 Å². The third-order valence-corrected chi connectivity index (χ3v) is 3.43. The van der Waals surface area contributed by atoms with Crippen molar-refractivity contribution in [3.63, 3.8) is 0 Å². The molecule has 0 atom stereocenters. The van der Waals surface area contributed by atoms with Crippen LogP contribution < -0.4 is 4.74 Å². The number of aromatic amines is 1. The molecule has 5 heteroatoms. The Kier molecular flexibility index (Phi) is 3.54. The van der Waals surface area contributed by atoms with Crippen molar-refractivity contribution in [2.45, 2.75) is 0 Å². The SMILES string of the molecule is COc1ccccc1N=Cc1c(O)[nH]c2cc(Cl)ccc12. The molecule has 0 spiro atoms. The standard InChI is InChI=1S/C16H13ClN2O2/c1-21-15-5-3-2-4-13(15)18-9-12-11-7-6-10(17)8-14(11)19-16(12)20/h2-9,19-20H,1H3. The number of aromatic hydroxyl groups is 1. The van der Waals surface area contributed by atoms with E-state index < -0.39 is 0 Å². The average molecular weight is 301 g/mol. The lowest BCUT2D eigenvalue weighted by atomic mass is 10.2. The van der Waals surface area contributed by atoms with Gasteiger partial charge in [0, 0.05) is 16.6 Å². The zero-order chi connectivity index (χ0) is 14.8. The number of nitrogens with zero attached hydrogens (tertiary/aromatic N) is 1. The van der Waals surface area contributed by atoms with E-state index in [0.29, 0.717) is 22.0 Å². The number of aliphatic imine (C=N–C) groups is 1. The molecule has 1 heterocycles. The summed E-state index contributed by atoms with van der Waals surface area (Å²) in [5, 5.41) is 11.5. The van der Waals surface area contributed by atoms with E-state index in [1.165, 1.54) is 0 Å². The van der Waals surface area contributed by atoms with Crippen LogP contribution in [0.2, 0.25) is 5.02 Å². The molecular weight excluding hydrogens is 288 g/mol. The number of hydrogen-bond donors (Lipinski definition) is 2. The monoisotopic (exact) mass is 300 g/mol. The molecule has 3 rings (SSSR count). The van der Waals surface area contributed by atoms with E-state index in [4.69, 9.17) is 16.3 Å². The molecule has 4 nitrogen and oxygen atoms in total. The highest BCUT2D eigenvalue weighted by molar-refractivity contribution is 6.31. The van der Waals surface area contributed by atoms with Crippen LogP contribution in [0.25, 0.3) is 10.9 Å². The molecule has 0 unspecified atom stereocenters. The molecule has 0 amide bonds. The normalized spacial score (nSPS) is 11.3. The van der Waals surface area contributed by atoms with Gasteiger partial charge in [0.2, 0.25) is 0 Å². The number of benzene rings is 2. The quantitative estimate of drug-likeness (QED) is 0.709. The number of aromatic nitrogens is 1. The first-order valence-corrected chi connectivity index (χ1v) is 6.74. The molecule has 0 saturated carbocycles. The van der Waals surface area contributed by atoms with Crippen molar-refractivity contribution in [3.05, 3.63) is 53.1 Å². The molecule has 1 aromatic heterocycles. The average Bonchev–Trinajstić information content (AvgIpc) is 2.80. The Morgan fingerprint density at radius 2 is 2.05 bits per heavy atom. The molecule has 21 heavy (non-hydrogen) atoms. The smallest absolute Gasteiger partial charge is 0.198 e. The van der Waals surface area contributed by atoms with Crippen LogP contribution in [0.1, 0.15) is 5.56 Å². The molecule has 0 aliphatic rings. The predicted octanol–water partition coefficient (Wildman–Crippen LogP) is 4.29. The van der Waals surface area contributed by atoms with Gasteiger partial charge in [0.25, 0.3) is 0 Å². The Morgan fingerprint density at radius 1 is 1.24 bits per heavy atom. The van der Waals surface area contributed by atoms with Crippen molar-refractivity contribution in [1.82, 2.24) is 4.98 Å². The number of hydrogen-bond acceptors (Lipinski definition) is 3. The van der Waals surface area contributed by atoms with Gasteiger partial charge in [0.15, 0.2) is 5.88 Å². The topological polar surface area (TPSA) is 57.6 Å². The highest BCUT2D eigenvalue weighted by Gasteiger charge is 2.09. The van der Waals surface area contributed by atoms with Gasteiger partial charge < -0.3 is 14.8 Å². The lowest BCUT2D eigenvalue weighted by Crippen LogP contribution is -1.84. The van der Waals surface area contributed by atoms with Crippen molar-refractivity contribution in [2.24, 2.45) is 4.99 Å². The first-order chi connectivity index (χ1) is 10.2. The fraction of sp³-hybridized carbons (Fsp3) is 0.0625. The lowest BCUT2D eigenvalue weighted by molar-refractivity contribution is 0.416. The molecular formula is C16H13ClN2O2. The Bertz CT molecular complexity index is 824. The summed E-state index contributed by atoms with van der Waals surface area (Å²) in [7, 11) is 1.60. The van der Waals surface area contributed by atoms with Gasteiger partial charge in [0.1, 0.15) is 11.4 Å². The number of fused-ring (bicyclic) bond motifs is 1. The number of para-hydroxylation sites is 2. The Hall–Kier alpha value is -2.46. The van der Waals surface area contributed by atoms with Gasteiger partial charge in [-0.15, -0.1) is 0 Å². The molecule has 0 radical (unpaired) electrons. The first kappa shape index (κ1) is 13.5. The summed E-state index contributed by atoms with van der Waals surface area (Å²) in [5.41, 5.74) is 2.08. The number of methoxy groups -OCH3 is 1. The van der Waals surface area contributed by atoms with Crippen molar-refractivity contribution in [1.29, 1.82) is 0 Å². The summed E-state index contributed by atoms with van der Waals surface area (Å²) in [5.74, 6) is 0.738. The minimum absolute atomic E-state index is 0.0610. The summed E-state index contributed by atoms with van der Waals surface area (Å²) in [6.45, 7) is 0. The van der Waals surface area contributed by atoms with Crippen molar-refractivity contribution in [2.75, 3.05) is 7.11 Å². The van der Waals surface area contributed by atoms with E-state index in [-0.39, 0.29) is 5.88 Å². The highest BCUT2D eigenvalue weighted by atomic mass is 35.5. The fourth-order valence-corrected chi connectivity index (χ4v) is 2.35. The molecule has 2 aromatic carbocycles. The molecule has 0 aliphatic carbocycles. The molecule has 106 valence electrons. The van der Waals surface area contributed by atoms with E-state index in [2.05, 4.69) is 9.98 Å². The molecule has 0 saturated heterocycles. The van der Waals surface area contributed by atoms with Crippen LogP contribution in [0.5, 0.6) is 11.6 Å². The summed E-state index contributed by atoms with van der Waals surface area (Å²) in [6.07, 6.45) is 1.61. The predicted molar refractivity (Wildman–Crippen MR) is 85.2 cm³/mol. The number of halogens is 1. The number of nitrogens with one attached hydrogen (secondary N) is 1. The zero-order valence-corrected chi connectivity index (χ0v) is 12.1. The van der Waals surface area contributed by atoms with Gasteiger partial charge in [-0.3, -0.25) is 4.99 Å². The third kappa shape index (κ3) is 2.58. The molecule has 2 N–H and O–H groups in total. The zero-order valence-electron chi connectivity index (χ0n) is 11.3.